The van der Waals surface area contributed by atoms with Crippen molar-refractivity contribution in [1.82, 2.24) is 10.2 Å². The molecule has 1 rings (SSSR count). The van der Waals surface area contributed by atoms with Crippen LogP contribution in [0.4, 0.5) is 4.79 Å². The van der Waals surface area contributed by atoms with Crippen LogP contribution in [0, 0.1) is 5.92 Å². The summed E-state index contributed by atoms with van der Waals surface area (Å²) >= 11 is 4.16. The van der Waals surface area contributed by atoms with Crippen LogP contribution in [0.5, 0.6) is 0 Å². The van der Waals surface area contributed by atoms with Crippen molar-refractivity contribution in [2.45, 2.75) is 26.3 Å². The van der Waals surface area contributed by atoms with Crippen LogP contribution in [0.3, 0.4) is 0 Å². The molecule has 1 aliphatic rings. The molecule has 0 spiro atoms. The molecule has 3 amide bonds. The Morgan fingerprint density at radius 2 is 2.07 bits per heavy atom. The molecule has 0 aromatic carbocycles. The van der Waals surface area contributed by atoms with Crippen LogP contribution in [0.1, 0.15) is 20.8 Å². The van der Waals surface area contributed by atoms with Crippen molar-refractivity contribution in [2.75, 3.05) is 12.3 Å². The maximum Gasteiger partial charge on any atom is 0.325 e. The summed E-state index contributed by atoms with van der Waals surface area (Å²) in [6, 6.07) is -0.305. The second-order valence-corrected chi connectivity index (χ2v) is 4.08. The molecule has 0 bridgehead atoms. The molecule has 4 nitrogen and oxygen atoms in total. The normalized spacial score (nSPS) is 27.4. The van der Waals surface area contributed by atoms with Crippen molar-refractivity contribution >= 4 is 24.6 Å². The smallest absolute Gasteiger partial charge is 0.322 e. The molecule has 14 heavy (non-hydrogen) atoms. The quantitative estimate of drug-likeness (QED) is 0.543. The van der Waals surface area contributed by atoms with E-state index in [-0.39, 0.29) is 17.9 Å². The SMILES string of the molecule is CCN1C(=O)NC(CS)(C(C)C)C1=O. The van der Waals surface area contributed by atoms with E-state index in [0.717, 1.165) is 0 Å². The number of likely N-dealkylation sites (N-methyl/N-ethyl adjacent to an activating group) is 1. The van der Waals surface area contributed by atoms with Crippen LogP contribution in [0.2, 0.25) is 0 Å². The van der Waals surface area contributed by atoms with E-state index in [1.807, 2.05) is 13.8 Å². The standard InChI is InChI=1S/C9H16N2O2S/c1-4-11-7(12)9(5-14,6(2)3)10-8(11)13/h6,14H,4-5H2,1-3H3,(H,10,13). The fraction of sp³-hybridized carbons (Fsp3) is 0.778. The van der Waals surface area contributed by atoms with Gasteiger partial charge < -0.3 is 5.32 Å². The van der Waals surface area contributed by atoms with Crippen LogP contribution in [-0.2, 0) is 4.79 Å². The highest BCUT2D eigenvalue weighted by molar-refractivity contribution is 7.80. The van der Waals surface area contributed by atoms with Gasteiger partial charge in [0.1, 0.15) is 5.54 Å². The van der Waals surface area contributed by atoms with Crippen molar-refractivity contribution in [1.29, 1.82) is 0 Å². The first kappa shape index (κ1) is 11.4. The predicted molar refractivity (Wildman–Crippen MR) is 57.3 cm³/mol. The lowest BCUT2D eigenvalue weighted by Gasteiger charge is -2.28. The number of nitrogens with one attached hydrogen (secondary N) is 1. The Hall–Kier alpha value is -0.710. The fourth-order valence-corrected chi connectivity index (χ4v) is 2.19. The zero-order valence-corrected chi connectivity index (χ0v) is 9.60. The van der Waals surface area contributed by atoms with Gasteiger partial charge in [-0.05, 0) is 12.8 Å². The molecule has 1 heterocycles. The van der Waals surface area contributed by atoms with Crippen molar-refractivity contribution < 1.29 is 9.59 Å². The number of thiol groups is 1. The minimum Gasteiger partial charge on any atom is -0.322 e. The lowest BCUT2D eigenvalue weighted by molar-refractivity contribution is -0.131. The summed E-state index contributed by atoms with van der Waals surface area (Å²) in [5.74, 6) is 0.231. The summed E-state index contributed by atoms with van der Waals surface area (Å²) in [7, 11) is 0. The number of nitrogens with zero attached hydrogens (tertiary/aromatic N) is 1. The second kappa shape index (κ2) is 3.81. The maximum atomic E-state index is 11.9. The minimum atomic E-state index is -0.809. The minimum absolute atomic E-state index is 0.0491. The zero-order chi connectivity index (χ0) is 10.9. The first-order chi connectivity index (χ1) is 6.49. The van der Waals surface area contributed by atoms with Gasteiger partial charge in [-0.25, -0.2) is 4.79 Å². The Bertz CT molecular complexity index is 268. The molecule has 1 aliphatic heterocycles. The predicted octanol–water partition coefficient (Wildman–Crippen LogP) is 0.883. The maximum absolute atomic E-state index is 11.9. The van der Waals surface area contributed by atoms with Crippen molar-refractivity contribution in [3.63, 3.8) is 0 Å². The highest BCUT2D eigenvalue weighted by atomic mass is 32.1. The molecule has 80 valence electrons. The van der Waals surface area contributed by atoms with E-state index in [0.29, 0.717) is 12.3 Å². The van der Waals surface area contributed by atoms with E-state index < -0.39 is 5.54 Å². The van der Waals surface area contributed by atoms with Crippen molar-refractivity contribution in [3.05, 3.63) is 0 Å². The number of carbonyl (C=O) groups excluding carboxylic acids is 2. The van der Waals surface area contributed by atoms with Gasteiger partial charge >= 0.3 is 6.03 Å². The lowest BCUT2D eigenvalue weighted by Crippen LogP contribution is -2.53. The number of carbonyl (C=O) groups is 2. The van der Waals surface area contributed by atoms with Gasteiger partial charge in [-0.15, -0.1) is 0 Å². The number of hydrogen-bond acceptors (Lipinski definition) is 3. The van der Waals surface area contributed by atoms with Crippen molar-refractivity contribution in [2.24, 2.45) is 5.92 Å². The molecular formula is C9H16N2O2S. The van der Waals surface area contributed by atoms with Gasteiger partial charge in [0.15, 0.2) is 0 Å². The Kier molecular flexibility index (Phi) is 3.09. The van der Waals surface area contributed by atoms with E-state index >= 15 is 0 Å². The summed E-state index contributed by atoms with van der Waals surface area (Å²) in [6.07, 6.45) is 0. The number of urea groups is 1. The van der Waals surface area contributed by atoms with Gasteiger partial charge in [0.25, 0.3) is 5.91 Å². The number of hydrogen-bond donors (Lipinski definition) is 2. The molecule has 0 aromatic rings. The summed E-state index contributed by atoms with van der Waals surface area (Å²) in [5, 5.41) is 2.73. The van der Waals surface area contributed by atoms with Crippen LogP contribution in [0.25, 0.3) is 0 Å². The molecule has 0 aromatic heterocycles. The van der Waals surface area contributed by atoms with Gasteiger partial charge in [-0.3, -0.25) is 9.69 Å². The van der Waals surface area contributed by atoms with Gasteiger partial charge in [-0.2, -0.15) is 12.6 Å². The van der Waals surface area contributed by atoms with Crippen LogP contribution < -0.4 is 5.32 Å². The number of imide groups is 1. The van der Waals surface area contributed by atoms with Gasteiger partial charge in [0, 0.05) is 12.3 Å². The first-order valence-corrected chi connectivity index (χ1v) is 5.37. The monoisotopic (exact) mass is 216 g/mol. The third-order valence-corrected chi connectivity index (χ3v) is 3.25. The molecule has 0 aliphatic carbocycles. The van der Waals surface area contributed by atoms with Crippen LogP contribution >= 0.6 is 12.6 Å². The molecule has 1 N–H and O–H groups in total. The van der Waals surface area contributed by atoms with E-state index in [9.17, 15) is 9.59 Å². The first-order valence-electron chi connectivity index (χ1n) is 4.74. The molecular weight excluding hydrogens is 200 g/mol. The molecule has 0 saturated carbocycles. The molecule has 5 heteroatoms. The van der Waals surface area contributed by atoms with Gasteiger partial charge in [-0.1, -0.05) is 13.8 Å². The van der Waals surface area contributed by atoms with E-state index in [1.54, 1.807) is 6.92 Å². The Morgan fingerprint density at radius 3 is 2.29 bits per heavy atom. The highest BCUT2D eigenvalue weighted by Crippen LogP contribution is 2.26. The molecule has 0 radical (unpaired) electrons. The van der Waals surface area contributed by atoms with Crippen LogP contribution in [0.15, 0.2) is 0 Å². The molecule has 1 fully saturated rings. The van der Waals surface area contributed by atoms with E-state index in [1.165, 1.54) is 4.90 Å². The Balaban J connectivity index is 3.03. The number of rotatable bonds is 3. The van der Waals surface area contributed by atoms with E-state index in [2.05, 4.69) is 17.9 Å². The Labute approximate surface area is 89.4 Å². The summed E-state index contributed by atoms with van der Waals surface area (Å²) in [6.45, 7) is 6.01. The average Bonchev–Trinajstić information content (AvgIpc) is 2.38. The molecule has 1 unspecified atom stereocenters. The summed E-state index contributed by atoms with van der Waals surface area (Å²) in [4.78, 5) is 24.6. The van der Waals surface area contributed by atoms with Gasteiger partial charge in [0.2, 0.25) is 0 Å². The van der Waals surface area contributed by atoms with Crippen molar-refractivity contribution in [3.8, 4) is 0 Å². The number of amides is 3. The second-order valence-electron chi connectivity index (χ2n) is 3.76. The largest absolute Gasteiger partial charge is 0.325 e. The zero-order valence-electron chi connectivity index (χ0n) is 8.70. The van der Waals surface area contributed by atoms with Crippen LogP contribution in [-0.4, -0.2) is 34.7 Å². The highest BCUT2D eigenvalue weighted by Gasteiger charge is 2.51. The third-order valence-electron chi connectivity index (χ3n) is 2.75. The van der Waals surface area contributed by atoms with E-state index in [4.69, 9.17) is 0 Å². The lowest BCUT2D eigenvalue weighted by atomic mass is 9.88. The van der Waals surface area contributed by atoms with Gasteiger partial charge in [0.05, 0.1) is 0 Å². The Morgan fingerprint density at radius 1 is 1.50 bits per heavy atom. The summed E-state index contributed by atoms with van der Waals surface area (Å²) < 4.78 is 0. The topological polar surface area (TPSA) is 49.4 Å². The average molecular weight is 216 g/mol. The molecule has 1 atom stereocenters. The fourth-order valence-electron chi connectivity index (χ4n) is 1.61. The third kappa shape index (κ3) is 1.39. The summed E-state index contributed by atoms with van der Waals surface area (Å²) in [5.41, 5.74) is -0.809. The molecule has 1 saturated heterocycles.